The molecule has 0 saturated heterocycles. The molecule has 0 saturated carbocycles. The Morgan fingerprint density at radius 3 is 2.73 bits per heavy atom. The quantitative estimate of drug-likeness (QED) is 0.734. The van der Waals surface area contributed by atoms with Crippen molar-refractivity contribution in [1.82, 2.24) is 0 Å². The van der Waals surface area contributed by atoms with Gasteiger partial charge in [0.1, 0.15) is 0 Å². The fourth-order valence-electron chi connectivity index (χ4n) is 2.15. The van der Waals surface area contributed by atoms with Crippen LogP contribution < -0.4 is 5.73 Å². The largest absolute Gasteiger partial charge is 0.366 e. The number of rotatable bonds is 2. The maximum absolute atomic E-state index is 11.3. The van der Waals surface area contributed by atoms with Crippen LogP contribution in [0.2, 0.25) is 0 Å². The standard InChI is InChI=1S/C13H15NO/c14-13(15)12-9-5-4-8-11(12)10-6-2-1-3-7-10/h1-2,4-5,8-10H,3,6-7H2,(H2,14,15). The first-order valence-electron chi connectivity index (χ1n) is 5.33. The average Bonchev–Trinajstić information content (AvgIpc) is 2.30. The van der Waals surface area contributed by atoms with Crippen molar-refractivity contribution in [2.45, 2.75) is 25.2 Å². The van der Waals surface area contributed by atoms with Gasteiger partial charge in [0.15, 0.2) is 0 Å². The third-order valence-corrected chi connectivity index (χ3v) is 2.94. The fraction of sp³-hybridized carbons (Fsp3) is 0.308. The molecule has 15 heavy (non-hydrogen) atoms. The molecule has 0 bridgehead atoms. The van der Waals surface area contributed by atoms with Gasteiger partial charge in [-0.15, -0.1) is 0 Å². The Bertz CT molecular complexity index is 395. The van der Waals surface area contributed by atoms with Crippen molar-refractivity contribution in [2.75, 3.05) is 0 Å². The molecule has 0 heterocycles. The lowest BCUT2D eigenvalue weighted by molar-refractivity contribution is 0.0999. The molecule has 0 spiro atoms. The minimum atomic E-state index is -0.319. The van der Waals surface area contributed by atoms with Gasteiger partial charge >= 0.3 is 0 Å². The summed E-state index contributed by atoms with van der Waals surface area (Å²) in [6.45, 7) is 0. The van der Waals surface area contributed by atoms with Crippen molar-refractivity contribution in [3.05, 3.63) is 47.5 Å². The molecule has 0 aromatic heterocycles. The second kappa shape index (κ2) is 4.30. The van der Waals surface area contributed by atoms with Gasteiger partial charge < -0.3 is 5.73 Å². The number of hydrogen-bond acceptors (Lipinski definition) is 1. The van der Waals surface area contributed by atoms with Gasteiger partial charge in [0.2, 0.25) is 5.91 Å². The van der Waals surface area contributed by atoms with Gasteiger partial charge in [-0.3, -0.25) is 4.79 Å². The Kier molecular flexibility index (Phi) is 2.86. The normalized spacial score (nSPS) is 20.1. The van der Waals surface area contributed by atoms with Crippen molar-refractivity contribution < 1.29 is 4.79 Å². The van der Waals surface area contributed by atoms with E-state index in [-0.39, 0.29) is 5.91 Å². The number of nitrogens with two attached hydrogens (primary N) is 1. The van der Waals surface area contributed by atoms with Crippen molar-refractivity contribution in [2.24, 2.45) is 5.73 Å². The summed E-state index contributed by atoms with van der Waals surface area (Å²) in [5, 5.41) is 0. The van der Waals surface area contributed by atoms with E-state index < -0.39 is 0 Å². The number of amides is 1. The van der Waals surface area contributed by atoms with Gasteiger partial charge in [-0.05, 0) is 36.8 Å². The number of carbonyl (C=O) groups is 1. The lowest BCUT2D eigenvalue weighted by Gasteiger charge is -2.20. The minimum Gasteiger partial charge on any atom is -0.366 e. The zero-order chi connectivity index (χ0) is 10.7. The molecule has 1 unspecified atom stereocenters. The molecule has 1 aromatic carbocycles. The predicted molar refractivity (Wildman–Crippen MR) is 60.7 cm³/mol. The molecule has 2 N–H and O–H groups in total. The number of benzene rings is 1. The summed E-state index contributed by atoms with van der Waals surface area (Å²) in [5.41, 5.74) is 7.15. The van der Waals surface area contributed by atoms with E-state index in [1.807, 2.05) is 24.3 Å². The third kappa shape index (κ3) is 2.09. The van der Waals surface area contributed by atoms with Gasteiger partial charge in [0, 0.05) is 5.56 Å². The summed E-state index contributed by atoms with van der Waals surface area (Å²) >= 11 is 0. The van der Waals surface area contributed by atoms with Crippen LogP contribution in [0.15, 0.2) is 36.4 Å². The third-order valence-electron chi connectivity index (χ3n) is 2.94. The Balaban J connectivity index is 2.34. The van der Waals surface area contributed by atoms with Crippen LogP contribution in [0.25, 0.3) is 0 Å². The van der Waals surface area contributed by atoms with Crippen LogP contribution in [0, 0.1) is 0 Å². The second-order valence-electron chi connectivity index (χ2n) is 3.93. The molecular formula is C13H15NO. The molecule has 2 nitrogen and oxygen atoms in total. The monoisotopic (exact) mass is 201 g/mol. The van der Waals surface area contributed by atoms with E-state index in [9.17, 15) is 4.79 Å². The first-order chi connectivity index (χ1) is 7.29. The first-order valence-corrected chi connectivity index (χ1v) is 5.33. The van der Waals surface area contributed by atoms with Crippen LogP contribution in [-0.4, -0.2) is 5.91 Å². The number of primary amides is 1. The second-order valence-corrected chi connectivity index (χ2v) is 3.93. The van der Waals surface area contributed by atoms with Crippen LogP contribution in [-0.2, 0) is 0 Å². The highest BCUT2D eigenvalue weighted by Crippen LogP contribution is 2.30. The SMILES string of the molecule is NC(=O)c1ccccc1C1CC=CCC1. The van der Waals surface area contributed by atoms with E-state index in [2.05, 4.69) is 12.2 Å². The maximum Gasteiger partial charge on any atom is 0.248 e. The molecule has 2 heteroatoms. The summed E-state index contributed by atoms with van der Waals surface area (Å²) in [4.78, 5) is 11.3. The van der Waals surface area contributed by atoms with Crippen LogP contribution >= 0.6 is 0 Å². The lowest BCUT2D eigenvalue weighted by Crippen LogP contribution is -2.15. The molecule has 1 aromatic rings. The molecule has 1 atom stereocenters. The molecule has 0 aliphatic heterocycles. The summed E-state index contributed by atoms with van der Waals surface area (Å²) < 4.78 is 0. The van der Waals surface area contributed by atoms with Crippen LogP contribution in [0.3, 0.4) is 0 Å². The lowest BCUT2D eigenvalue weighted by atomic mass is 9.85. The maximum atomic E-state index is 11.3. The molecule has 1 aliphatic carbocycles. The van der Waals surface area contributed by atoms with E-state index in [4.69, 9.17) is 5.73 Å². The van der Waals surface area contributed by atoms with Crippen LogP contribution in [0.5, 0.6) is 0 Å². The molecule has 2 rings (SSSR count). The van der Waals surface area contributed by atoms with E-state index in [1.165, 1.54) is 0 Å². The van der Waals surface area contributed by atoms with Crippen molar-refractivity contribution in [3.8, 4) is 0 Å². The number of hydrogen-bond donors (Lipinski definition) is 1. The van der Waals surface area contributed by atoms with Crippen molar-refractivity contribution in [1.29, 1.82) is 0 Å². The van der Waals surface area contributed by atoms with Crippen LogP contribution in [0.1, 0.15) is 41.1 Å². The number of carbonyl (C=O) groups excluding carboxylic acids is 1. The Morgan fingerprint density at radius 2 is 2.07 bits per heavy atom. The first kappa shape index (κ1) is 9.97. The predicted octanol–water partition coefficient (Wildman–Crippen LogP) is 2.61. The van der Waals surface area contributed by atoms with Crippen molar-refractivity contribution >= 4 is 5.91 Å². The number of allylic oxidation sites excluding steroid dienone is 2. The van der Waals surface area contributed by atoms with Gasteiger partial charge in [0.05, 0.1) is 0 Å². The van der Waals surface area contributed by atoms with Gasteiger partial charge in [0.25, 0.3) is 0 Å². The summed E-state index contributed by atoms with van der Waals surface area (Å²) in [6, 6.07) is 7.67. The Hall–Kier alpha value is -1.57. The zero-order valence-corrected chi connectivity index (χ0v) is 8.65. The fourth-order valence-corrected chi connectivity index (χ4v) is 2.15. The summed E-state index contributed by atoms with van der Waals surface area (Å²) in [6.07, 6.45) is 7.61. The van der Waals surface area contributed by atoms with E-state index in [0.29, 0.717) is 11.5 Å². The van der Waals surface area contributed by atoms with Gasteiger partial charge in [-0.1, -0.05) is 30.4 Å². The molecule has 1 amide bonds. The highest BCUT2D eigenvalue weighted by atomic mass is 16.1. The topological polar surface area (TPSA) is 43.1 Å². The average molecular weight is 201 g/mol. The molecule has 0 radical (unpaired) electrons. The molecule has 0 fully saturated rings. The van der Waals surface area contributed by atoms with Crippen molar-refractivity contribution in [3.63, 3.8) is 0 Å². The zero-order valence-electron chi connectivity index (χ0n) is 8.65. The Labute approximate surface area is 89.8 Å². The van der Waals surface area contributed by atoms with Gasteiger partial charge in [-0.25, -0.2) is 0 Å². The minimum absolute atomic E-state index is 0.319. The van der Waals surface area contributed by atoms with Gasteiger partial charge in [-0.2, -0.15) is 0 Å². The van der Waals surface area contributed by atoms with E-state index in [0.717, 1.165) is 24.8 Å². The summed E-state index contributed by atoms with van der Waals surface area (Å²) in [7, 11) is 0. The highest BCUT2D eigenvalue weighted by Gasteiger charge is 2.17. The van der Waals surface area contributed by atoms with E-state index >= 15 is 0 Å². The Morgan fingerprint density at radius 1 is 1.27 bits per heavy atom. The van der Waals surface area contributed by atoms with E-state index in [1.54, 1.807) is 0 Å². The molecule has 78 valence electrons. The summed E-state index contributed by atoms with van der Waals surface area (Å²) in [5.74, 6) is 0.138. The molecular weight excluding hydrogens is 186 g/mol. The molecule has 1 aliphatic rings. The highest BCUT2D eigenvalue weighted by molar-refractivity contribution is 5.94. The van der Waals surface area contributed by atoms with Crippen LogP contribution in [0.4, 0.5) is 0 Å². The smallest absolute Gasteiger partial charge is 0.248 e.